The van der Waals surface area contributed by atoms with Gasteiger partial charge in [-0.3, -0.25) is 4.79 Å². The van der Waals surface area contributed by atoms with Gasteiger partial charge in [0.15, 0.2) is 5.76 Å². The van der Waals surface area contributed by atoms with Gasteiger partial charge in [0.25, 0.3) is 5.91 Å². The summed E-state index contributed by atoms with van der Waals surface area (Å²) < 4.78 is 24.1. The molecule has 4 nitrogen and oxygen atoms in total. The monoisotopic (exact) mass is 313 g/mol. The molecule has 3 rings (SSSR count). The van der Waals surface area contributed by atoms with Crippen molar-refractivity contribution in [2.45, 2.75) is 6.10 Å². The predicted molar refractivity (Wildman–Crippen MR) is 84.7 cm³/mol. The van der Waals surface area contributed by atoms with Crippen LogP contribution < -0.4 is 5.32 Å². The molecule has 2 aromatic carbocycles. The third kappa shape index (κ3) is 3.40. The van der Waals surface area contributed by atoms with Gasteiger partial charge < -0.3 is 14.5 Å². The van der Waals surface area contributed by atoms with E-state index in [0.29, 0.717) is 11.1 Å². The Morgan fingerprint density at radius 1 is 1.22 bits per heavy atom. The van der Waals surface area contributed by atoms with Crippen molar-refractivity contribution in [2.24, 2.45) is 0 Å². The number of carbonyl (C=O) groups is 1. The molecule has 0 saturated heterocycles. The fourth-order valence-electron chi connectivity index (χ4n) is 2.41. The number of methoxy groups -OCH3 is 1. The van der Waals surface area contributed by atoms with Crippen molar-refractivity contribution in [1.29, 1.82) is 0 Å². The van der Waals surface area contributed by atoms with E-state index in [1.807, 2.05) is 18.2 Å². The Labute approximate surface area is 132 Å². The van der Waals surface area contributed by atoms with Crippen LogP contribution in [0, 0.1) is 5.82 Å². The molecule has 3 aromatic rings. The molecule has 0 aliphatic carbocycles. The van der Waals surface area contributed by atoms with Gasteiger partial charge in [0.1, 0.15) is 11.4 Å². The zero-order valence-corrected chi connectivity index (χ0v) is 12.6. The molecule has 1 aromatic heterocycles. The predicted octanol–water partition coefficient (Wildman–Crippen LogP) is 3.69. The molecule has 0 spiro atoms. The number of furan rings is 1. The first kappa shape index (κ1) is 15.2. The van der Waals surface area contributed by atoms with Crippen molar-refractivity contribution in [2.75, 3.05) is 13.7 Å². The zero-order chi connectivity index (χ0) is 16.2. The van der Waals surface area contributed by atoms with Crippen molar-refractivity contribution in [3.8, 4) is 0 Å². The Balaban J connectivity index is 1.69. The summed E-state index contributed by atoms with van der Waals surface area (Å²) in [6, 6.07) is 15.2. The maximum atomic E-state index is 13.3. The van der Waals surface area contributed by atoms with E-state index in [4.69, 9.17) is 9.15 Å². The molecule has 1 atom stereocenters. The quantitative estimate of drug-likeness (QED) is 0.781. The van der Waals surface area contributed by atoms with E-state index >= 15 is 0 Å². The van der Waals surface area contributed by atoms with E-state index < -0.39 is 6.10 Å². The molecule has 23 heavy (non-hydrogen) atoms. The number of amides is 1. The summed E-state index contributed by atoms with van der Waals surface area (Å²) in [4.78, 5) is 12.2. The lowest BCUT2D eigenvalue weighted by Crippen LogP contribution is -2.28. The Bertz CT molecular complexity index is 795. The highest BCUT2D eigenvalue weighted by atomic mass is 19.1. The minimum absolute atomic E-state index is 0.218. The maximum absolute atomic E-state index is 13.3. The van der Waals surface area contributed by atoms with Crippen LogP contribution in [0.25, 0.3) is 11.0 Å². The lowest BCUT2D eigenvalue weighted by Gasteiger charge is -2.16. The number of hydrogen-bond acceptors (Lipinski definition) is 3. The van der Waals surface area contributed by atoms with Gasteiger partial charge in [-0.25, -0.2) is 4.39 Å². The average molecular weight is 313 g/mol. The van der Waals surface area contributed by atoms with Gasteiger partial charge in [0, 0.05) is 19.0 Å². The first-order valence-corrected chi connectivity index (χ1v) is 7.22. The molecule has 0 saturated carbocycles. The molecule has 0 fully saturated rings. The smallest absolute Gasteiger partial charge is 0.287 e. The molecule has 0 bridgehead atoms. The van der Waals surface area contributed by atoms with Crippen LogP contribution in [0.4, 0.5) is 4.39 Å². The second-order valence-corrected chi connectivity index (χ2v) is 5.14. The number of fused-ring (bicyclic) bond motifs is 1. The number of benzene rings is 2. The van der Waals surface area contributed by atoms with E-state index in [-0.39, 0.29) is 24.0 Å². The summed E-state index contributed by atoms with van der Waals surface area (Å²) in [5, 5.41) is 3.62. The van der Waals surface area contributed by atoms with Gasteiger partial charge in [-0.05, 0) is 29.8 Å². The van der Waals surface area contributed by atoms with Gasteiger partial charge in [-0.1, -0.05) is 30.3 Å². The number of nitrogens with one attached hydrogen (secondary N) is 1. The van der Waals surface area contributed by atoms with Crippen LogP contribution >= 0.6 is 0 Å². The summed E-state index contributed by atoms with van der Waals surface area (Å²) >= 11 is 0. The lowest BCUT2D eigenvalue weighted by atomic mass is 10.1. The fraction of sp³-hybridized carbons (Fsp3) is 0.167. The molecule has 1 N–H and O–H groups in total. The van der Waals surface area contributed by atoms with Crippen LogP contribution in [0.5, 0.6) is 0 Å². The van der Waals surface area contributed by atoms with E-state index in [1.165, 1.54) is 19.2 Å². The van der Waals surface area contributed by atoms with E-state index in [2.05, 4.69) is 5.32 Å². The first-order valence-electron chi connectivity index (χ1n) is 7.22. The van der Waals surface area contributed by atoms with Crippen LogP contribution in [0.15, 0.2) is 59.0 Å². The lowest BCUT2D eigenvalue weighted by molar-refractivity contribution is 0.0808. The van der Waals surface area contributed by atoms with Crippen molar-refractivity contribution < 1.29 is 18.3 Å². The summed E-state index contributed by atoms with van der Waals surface area (Å²) in [5.41, 5.74) is 1.32. The molecule has 118 valence electrons. The Morgan fingerprint density at radius 2 is 2.04 bits per heavy atom. The SMILES string of the molecule is COC(CNC(=O)c1cc2ccccc2o1)c1cccc(F)c1. The Morgan fingerprint density at radius 3 is 2.78 bits per heavy atom. The van der Waals surface area contributed by atoms with Crippen molar-refractivity contribution in [3.63, 3.8) is 0 Å². The largest absolute Gasteiger partial charge is 0.451 e. The first-order chi connectivity index (χ1) is 11.2. The topological polar surface area (TPSA) is 51.5 Å². The standard InChI is InChI=1S/C18H16FNO3/c1-22-17(12-6-4-7-14(19)9-12)11-20-18(21)16-10-13-5-2-3-8-15(13)23-16/h2-10,17H,11H2,1H3,(H,20,21). The molecule has 0 aliphatic rings. The van der Waals surface area contributed by atoms with Crippen molar-refractivity contribution >= 4 is 16.9 Å². The highest BCUT2D eigenvalue weighted by Crippen LogP contribution is 2.20. The fourth-order valence-corrected chi connectivity index (χ4v) is 2.41. The second-order valence-electron chi connectivity index (χ2n) is 5.14. The second kappa shape index (κ2) is 6.62. The number of hydrogen-bond donors (Lipinski definition) is 1. The summed E-state index contributed by atoms with van der Waals surface area (Å²) in [5.74, 6) is -0.437. The van der Waals surface area contributed by atoms with Crippen molar-refractivity contribution in [3.05, 3.63) is 71.7 Å². The minimum Gasteiger partial charge on any atom is -0.451 e. The molecule has 1 unspecified atom stereocenters. The van der Waals surface area contributed by atoms with Crippen LogP contribution in [-0.2, 0) is 4.74 Å². The van der Waals surface area contributed by atoms with Gasteiger partial charge in [0.05, 0.1) is 6.10 Å². The van der Waals surface area contributed by atoms with Gasteiger partial charge in [-0.2, -0.15) is 0 Å². The van der Waals surface area contributed by atoms with Crippen LogP contribution in [0.1, 0.15) is 22.2 Å². The zero-order valence-electron chi connectivity index (χ0n) is 12.6. The van der Waals surface area contributed by atoms with Crippen LogP contribution in [0.2, 0.25) is 0 Å². The van der Waals surface area contributed by atoms with Gasteiger partial charge >= 0.3 is 0 Å². The Kier molecular flexibility index (Phi) is 4.39. The molecule has 0 aliphatic heterocycles. The number of ether oxygens (including phenoxy) is 1. The summed E-state index contributed by atoms with van der Waals surface area (Å²) in [6.07, 6.45) is -0.431. The van der Waals surface area contributed by atoms with E-state index in [1.54, 1.807) is 24.3 Å². The molecular weight excluding hydrogens is 297 g/mol. The highest BCUT2D eigenvalue weighted by Gasteiger charge is 2.16. The minimum atomic E-state index is -0.431. The number of para-hydroxylation sites is 1. The Hall–Kier alpha value is -2.66. The number of halogens is 1. The molecule has 5 heteroatoms. The van der Waals surface area contributed by atoms with Crippen molar-refractivity contribution in [1.82, 2.24) is 5.32 Å². The molecule has 1 heterocycles. The summed E-state index contributed by atoms with van der Waals surface area (Å²) in [6.45, 7) is 0.218. The van der Waals surface area contributed by atoms with Gasteiger partial charge in [0.2, 0.25) is 0 Å². The van der Waals surface area contributed by atoms with E-state index in [0.717, 1.165) is 5.39 Å². The number of carbonyl (C=O) groups excluding carboxylic acids is 1. The third-order valence-corrected chi connectivity index (χ3v) is 3.60. The van der Waals surface area contributed by atoms with E-state index in [9.17, 15) is 9.18 Å². The highest BCUT2D eigenvalue weighted by molar-refractivity contribution is 5.96. The molecular formula is C18H16FNO3. The van der Waals surface area contributed by atoms with Crippen LogP contribution in [-0.4, -0.2) is 19.6 Å². The molecule has 1 amide bonds. The van der Waals surface area contributed by atoms with Crippen LogP contribution in [0.3, 0.4) is 0 Å². The summed E-state index contributed by atoms with van der Waals surface area (Å²) in [7, 11) is 1.52. The average Bonchev–Trinajstić information content (AvgIpc) is 2.99. The number of rotatable bonds is 5. The normalized spacial score (nSPS) is 12.3. The van der Waals surface area contributed by atoms with Gasteiger partial charge in [-0.15, -0.1) is 0 Å². The third-order valence-electron chi connectivity index (χ3n) is 3.60. The molecule has 0 radical (unpaired) electrons. The maximum Gasteiger partial charge on any atom is 0.287 e.